The van der Waals surface area contributed by atoms with Crippen LogP contribution in [0.1, 0.15) is 50.0 Å². The number of nitrogen functional groups attached to an aromatic ring is 1. The van der Waals surface area contributed by atoms with Crippen molar-refractivity contribution in [1.82, 2.24) is 0 Å². The molecule has 1 spiro atoms. The van der Waals surface area contributed by atoms with Crippen LogP contribution in [0.2, 0.25) is 0 Å². The first-order chi connectivity index (χ1) is 16.3. The van der Waals surface area contributed by atoms with Crippen molar-refractivity contribution < 1.29 is 29.6 Å². The Morgan fingerprint density at radius 2 is 1.94 bits per heavy atom. The number of Topliss-reactive ketones (excluding diaryl/α,β-unsaturated/α-hetero) is 1. The van der Waals surface area contributed by atoms with Gasteiger partial charge in [0.25, 0.3) is 0 Å². The van der Waals surface area contributed by atoms with Gasteiger partial charge in [0.15, 0.2) is 17.5 Å². The molecule has 4 aliphatic rings. The molecule has 0 aromatic heterocycles. The SMILES string of the molecule is CC1=C[C@@]23C(=O)[C@@H](C=C(CO)[C@@H](O)[C@]2(O)[C@H]1OC(=O)c1c(C)cccc1N)[C@H]1[C@@H](C[C@H]3C)C1(C)C. The van der Waals surface area contributed by atoms with E-state index in [1.165, 1.54) is 0 Å². The van der Waals surface area contributed by atoms with E-state index in [9.17, 15) is 24.9 Å². The predicted molar refractivity (Wildman–Crippen MR) is 130 cm³/mol. The van der Waals surface area contributed by atoms with Crippen molar-refractivity contribution in [3.8, 4) is 0 Å². The number of ketones is 1. The summed E-state index contributed by atoms with van der Waals surface area (Å²) in [6.45, 7) is 9.16. The number of anilines is 1. The third-order valence-electron chi connectivity index (χ3n) is 9.63. The molecule has 1 aromatic carbocycles. The zero-order valence-corrected chi connectivity index (χ0v) is 20.9. The largest absolute Gasteiger partial charge is 0.451 e. The number of hydrogen-bond acceptors (Lipinski definition) is 7. The third kappa shape index (κ3) is 2.89. The Hall–Kier alpha value is -2.48. The van der Waals surface area contributed by atoms with E-state index in [0.717, 1.165) is 0 Å². The highest BCUT2D eigenvalue weighted by Gasteiger charge is 2.76. The van der Waals surface area contributed by atoms with Gasteiger partial charge in [0, 0.05) is 11.6 Å². The number of rotatable bonds is 3. The lowest BCUT2D eigenvalue weighted by molar-refractivity contribution is -0.190. The lowest BCUT2D eigenvalue weighted by atomic mass is 9.59. The Morgan fingerprint density at radius 3 is 2.57 bits per heavy atom. The number of aryl methyl sites for hydroxylation is 1. The minimum absolute atomic E-state index is 0.0493. The van der Waals surface area contributed by atoms with E-state index in [1.807, 2.05) is 6.92 Å². The quantitative estimate of drug-likeness (QED) is 0.297. The molecule has 35 heavy (non-hydrogen) atoms. The first-order valence-electron chi connectivity index (χ1n) is 12.4. The second kappa shape index (κ2) is 7.51. The molecule has 0 heterocycles. The highest BCUT2D eigenvalue weighted by molar-refractivity contribution is 5.98. The van der Waals surface area contributed by atoms with E-state index >= 15 is 0 Å². The number of aliphatic hydroxyl groups excluding tert-OH is 2. The number of carbonyl (C=O) groups is 2. The molecule has 8 atom stereocenters. The minimum Gasteiger partial charge on any atom is -0.451 e. The van der Waals surface area contributed by atoms with Gasteiger partial charge in [0.2, 0.25) is 0 Å². The highest BCUT2D eigenvalue weighted by atomic mass is 16.6. The second-order valence-corrected chi connectivity index (χ2v) is 11.7. The summed E-state index contributed by atoms with van der Waals surface area (Å²) in [6.07, 6.45) is 1.21. The van der Waals surface area contributed by atoms with Gasteiger partial charge in [-0.05, 0) is 66.2 Å². The molecule has 4 aliphatic carbocycles. The standard InChI is InChI=1S/C28H35NO6/c1-13-7-6-8-19(29)20(13)25(33)35-24-14(2)11-27-15(3)9-18-21(26(18,4)5)17(23(27)32)10-16(12-30)22(31)28(24,27)34/h6-8,10-11,15,17-18,21-22,24,30-31,34H,9,12,29H2,1-5H3/t15-,17+,18-,21+,22-,24+,27-,28+/m1/s1. The Morgan fingerprint density at radius 1 is 1.26 bits per heavy atom. The Kier molecular flexibility index (Phi) is 5.20. The zero-order valence-electron chi connectivity index (χ0n) is 20.9. The average Bonchev–Trinajstić information content (AvgIpc) is 3.27. The van der Waals surface area contributed by atoms with Gasteiger partial charge < -0.3 is 25.8 Å². The summed E-state index contributed by atoms with van der Waals surface area (Å²) in [4.78, 5) is 27.7. The fourth-order valence-corrected chi connectivity index (χ4v) is 7.73. The van der Waals surface area contributed by atoms with Crippen LogP contribution in [-0.4, -0.2) is 51.5 Å². The summed E-state index contributed by atoms with van der Waals surface area (Å²) in [5.74, 6) is -1.43. The topological polar surface area (TPSA) is 130 Å². The Balaban J connectivity index is 1.65. The maximum atomic E-state index is 14.4. The van der Waals surface area contributed by atoms with Gasteiger partial charge in [-0.2, -0.15) is 0 Å². The van der Waals surface area contributed by atoms with Crippen molar-refractivity contribution >= 4 is 17.4 Å². The molecule has 7 heteroatoms. The molecule has 5 rings (SSSR count). The fraction of sp³-hybridized carbons (Fsp3) is 0.571. The van der Waals surface area contributed by atoms with E-state index in [2.05, 4.69) is 13.8 Å². The van der Waals surface area contributed by atoms with Crippen molar-refractivity contribution in [2.24, 2.45) is 34.5 Å². The van der Waals surface area contributed by atoms with Crippen molar-refractivity contribution in [2.75, 3.05) is 12.3 Å². The first kappa shape index (κ1) is 24.2. The Labute approximate surface area is 205 Å². The van der Waals surface area contributed by atoms with Gasteiger partial charge in [-0.15, -0.1) is 0 Å². The van der Waals surface area contributed by atoms with Gasteiger partial charge in [0.05, 0.1) is 17.6 Å². The van der Waals surface area contributed by atoms with E-state index in [0.29, 0.717) is 17.6 Å². The monoisotopic (exact) mass is 481 g/mol. The second-order valence-electron chi connectivity index (χ2n) is 11.7. The minimum atomic E-state index is -2.16. The number of carbonyl (C=O) groups excluding carboxylic acids is 2. The van der Waals surface area contributed by atoms with Crippen LogP contribution in [-0.2, 0) is 9.53 Å². The number of aliphatic hydroxyl groups is 3. The molecule has 2 saturated carbocycles. The van der Waals surface area contributed by atoms with E-state index < -0.39 is 41.7 Å². The zero-order chi connectivity index (χ0) is 25.7. The summed E-state index contributed by atoms with van der Waals surface area (Å²) < 4.78 is 5.91. The van der Waals surface area contributed by atoms with Crippen LogP contribution < -0.4 is 5.73 Å². The molecule has 188 valence electrons. The van der Waals surface area contributed by atoms with Gasteiger partial charge in [-0.3, -0.25) is 4.79 Å². The van der Waals surface area contributed by atoms with Gasteiger partial charge >= 0.3 is 5.97 Å². The van der Waals surface area contributed by atoms with Gasteiger partial charge in [-0.1, -0.05) is 45.1 Å². The van der Waals surface area contributed by atoms with Gasteiger partial charge in [-0.25, -0.2) is 4.79 Å². The summed E-state index contributed by atoms with van der Waals surface area (Å²) in [6, 6.07) is 5.07. The van der Waals surface area contributed by atoms with E-state index in [-0.39, 0.29) is 45.8 Å². The number of nitrogens with two attached hydrogens (primary N) is 1. The first-order valence-corrected chi connectivity index (χ1v) is 12.4. The third-order valence-corrected chi connectivity index (χ3v) is 9.63. The van der Waals surface area contributed by atoms with E-state index in [4.69, 9.17) is 10.5 Å². The molecule has 0 unspecified atom stereocenters. The molecular formula is C28H35NO6. The van der Waals surface area contributed by atoms with Crippen LogP contribution in [0.15, 0.2) is 41.5 Å². The average molecular weight is 482 g/mol. The number of esters is 1. The molecule has 0 radical (unpaired) electrons. The number of fused-ring (bicyclic) bond motifs is 3. The molecular weight excluding hydrogens is 446 g/mol. The lowest BCUT2D eigenvalue weighted by Crippen LogP contribution is -2.65. The molecule has 0 aliphatic heterocycles. The van der Waals surface area contributed by atoms with Crippen molar-refractivity contribution in [3.05, 3.63) is 52.6 Å². The van der Waals surface area contributed by atoms with Crippen LogP contribution >= 0.6 is 0 Å². The van der Waals surface area contributed by atoms with Gasteiger partial charge in [0.1, 0.15) is 6.10 Å². The molecule has 7 nitrogen and oxygen atoms in total. The maximum absolute atomic E-state index is 14.4. The smallest absolute Gasteiger partial charge is 0.341 e. The van der Waals surface area contributed by atoms with Crippen molar-refractivity contribution in [2.45, 2.75) is 58.8 Å². The van der Waals surface area contributed by atoms with Crippen LogP contribution in [0, 0.1) is 41.4 Å². The maximum Gasteiger partial charge on any atom is 0.341 e. The number of ether oxygens (including phenoxy) is 1. The van der Waals surface area contributed by atoms with Crippen molar-refractivity contribution in [1.29, 1.82) is 0 Å². The fourth-order valence-electron chi connectivity index (χ4n) is 7.73. The van der Waals surface area contributed by atoms with Crippen LogP contribution in [0.3, 0.4) is 0 Å². The predicted octanol–water partition coefficient (Wildman–Crippen LogP) is 2.57. The molecule has 1 aromatic rings. The Bertz CT molecular complexity index is 1160. The lowest BCUT2D eigenvalue weighted by Gasteiger charge is -2.48. The summed E-state index contributed by atoms with van der Waals surface area (Å²) in [5, 5.41) is 34.2. The molecule has 5 N–H and O–H groups in total. The molecule has 2 bridgehead atoms. The van der Waals surface area contributed by atoms with Crippen LogP contribution in [0.25, 0.3) is 0 Å². The molecule has 2 fully saturated rings. The number of benzene rings is 1. The number of hydrogen-bond donors (Lipinski definition) is 4. The number of allylic oxidation sites excluding steroid dienone is 1. The summed E-state index contributed by atoms with van der Waals surface area (Å²) >= 11 is 0. The highest BCUT2D eigenvalue weighted by Crippen LogP contribution is 2.71. The summed E-state index contributed by atoms with van der Waals surface area (Å²) in [5.41, 5.74) is 4.12. The summed E-state index contributed by atoms with van der Waals surface area (Å²) in [7, 11) is 0. The normalized spacial score (nSPS) is 41.1. The molecule has 0 saturated heterocycles. The van der Waals surface area contributed by atoms with Crippen LogP contribution in [0.4, 0.5) is 5.69 Å². The van der Waals surface area contributed by atoms with E-state index in [1.54, 1.807) is 44.2 Å². The van der Waals surface area contributed by atoms with Crippen molar-refractivity contribution in [3.63, 3.8) is 0 Å². The van der Waals surface area contributed by atoms with Crippen LogP contribution in [0.5, 0.6) is 0 Å². The molecule has 0 amide bonds.